The standard InChI is InChI=1S/C23H30N2O4/c26-17-20(27)16-24-23(28)19-6-8-21(9-7-19)29-22-11-14-25(15-12-22)13-10-18-4-2-1-3-5-18/h1-9,20,22,26-27H,10-17H2,(H,24,28). The SMILES string of the molecule is O=C(NCC(O)CO)c1ccc(OC2CCN(CCc3ccccc3)CC2)cc1. The van der Waals surface area contributed by atoms with Crippen molar-refractivity contribution in [2.24, 2.45) is 0 Å². The van der Waals surface area contributed by atoms with Gasteiger partial charge >= 0.3 is 0 Å². The summed E-state index contributed by atoms with van der Waals surface area (Å²) in [6, 6.07) is 17.6. The lowest BCUT2D eigenvalue weighted by atomic mass is 10.1. The Morgan fingerprint density at radius 1 is 1.10 bits per heavy atom. The van der Waals surface area contributed by atoms with E-state index in [4.69, 9.17) is 9.84 Å². The third-order valence-electron chi connectivity index (χ3n) is 5.22. The van der Waals surface area contributed by atoms with E-state index in [1.807, 2.05) is 6.07 Å². The zero-order valence-corrected chi connectivity index (χ0v) is 16.7. The summed E-state index contributed by atoms with van der Waals surface area (Å²) in [7, 11) is 0. The molecule has 3 rings (SSSR count). The highest BCUT2D eigenvalue weighted by molar-refractivity contribution is 5.94. The molecule has 1 amide bonds. The van der Waals surface area contributed by atoms with Crippen LogP contribution in [0.3, 0.4) is 0 Å². The Balaban J connectivity index is 1.39. The van der Waals surface area contributed by atoms with Crippen LogP contribution < -0.4 is 10.1 Å². The van der Waals surface area contributed by atoms with Crippen molar-refractivity contribution in [2.75, 3.05) is 32.8 Å². The third-order valence-corrected chi connectivity index (χ3v) is 5.22. The Bertz CT molecular complexity index is 743. The number of benzene rings is 2. The number of piperidine rings is 1. The number of rotatable bonds is 9. The van der Waals surface area contributed by atoms with E-state index in [1.54, 1.807) is 24.3 Å². The fourth-order valence-electron chi connectivity index (χ4n) is 3.44. The molecule has 3 N–H and O–H groups in total. The van der Waals surface area contributed by atoms with Crippen LogP contribution in [0, 0.1) is 0 Å². The van der Waals surface area contributed by atoms with Gasteiger partial charge in [-0.1, -0.05) is 30.3 Å². The minimum atomic E-state index is -0.944. The molecule has 0 spiro atoms. The van der Waals surface area contributed by atoms with Crippen LogP contribution in [0.5, 0.6) is 5.75 Å². The molecule has 1 unspecified atom stereocenters. The van der Waals surface area contributed by atoms with Crippen LogP contribution in [-0.4, -0.2) is 66.0 Å². The predicted molar refractivity (Wildman–Crippen MR) is 112 cm³/mol. The summed E-state index contributed by atoms with van der Waals surface area (Å²) >= 11 is 0. The van der Waals surface area contributed by atoms with Gasteiger partial charge in [-0.3, -0.25) is 4.79 Å². The summed E-state index contributed by atoms with van der Waals surface area (Å²) in [5, 5.41) is 20.7. The number of carbonyl (C=O) groups excluding carboxylic acids is 1. The molecule has 2 aromatic carbocycles. The number of aliphatic hydroxyl groups is 2. The van der Waals surface area contributed by atoms with Crippen molar-refractivity contribution in [3.05, 3.63) is 65.7 Å². The smallest absolute Gasteiger partial charge is 0.251 e. The molecule has 156 valence electrons. The molecule has 2 aromatic rings. The van der Waals surface area contributed by atoms with Crippen molar-refractivity contribution in [2.45, 2.75) is 31.5 Å². The number of nitrogens with one attached hydrogen (secondary N) is 1. The lowest BCUT2D eigenvalue weighted by Gasteiger charge is -2.32. The van der Waals surface area contributed by atoms with Gasteiger partial charge in [0.1, 0.15) is 11.9 Å². The second kappa shape index (κ2) is 11.0. The second-order valence-electron chi connectivity index (χ2n) is 7.47. The average molecular weight is 399 g/mol. The lowest BCUT2D eigenvalue weighted by molar-refractivity contribution is 0.0802. The molecule has 1 atom stereocenters. The fraction of sp³-hybridized carbons (Fsp3) is 0.435. The van der Waals surface area contributed by atoms with E-state index < -0.39 is 6.10 Å². The largest absolute Gasteiger partial charge is 0.490 e. The van der Waals surface area contributed by atoms with Gasteiger partial charge in [0.05, 0.1) is 12.7 Å². The van der Waals surface area contributed by atoms with Gasteiger partial charge in [0.25, 0.3) is 5.91 Å². The Hall–Kier alpha value is -2.41. The highest BCUT2D eigenvalue weighted by atomic mass is 16.5. The molecule has 1 aliphatic heterocycles. The zero-order chi connectivity index (χ0) is 20.5. The van der Waals surface area contributed by atoms with E-state index in [-0.39, 0.29) is 25.2 Å². The number of likely N-dealkylation sites (tertiary alicyclic amines) is 1. The van der Waals surface area contributed by atoms with Crippen molar-refractivity contribution in [1.82, 2.24) is 10.2 Å². The summed E-state index contributed by atoms with van der Waals surface area (Å²) in [6.45, 7) is 2.79. The molecule has 1 heterocycles. The molecule has 0 aliphatic carbocycles. The first kappa shape index (κ1) is 21.3. The van der Waals surface area contributed by atoms with Crippen molar-refractivity contribution >= 4 is 5.91 Å². The van der Waals surface area contributed by atoms with Crippen LogP contribution in [0.4, 0.5) is 0 Å². The van der Waals surface area contributed by atoms with Gasteiger partial charge in [0.15, 0.2) is 0 Å². The average Bonchev–Trinajstić information content (AvgIpc) is 2.78. The van der Waals surface area contributed by atoms with E-state index in [2.05, 4.69) is 34.5 Å². The number of ether oxygens (including phenoxy) is 1. The van der Waals surface area contributed by atoms with Crippen LogP contribution in [0.25, 0.3) is 0 Å². The minimum absolute atomic E-state index is 0.0242. The third kappa shape index (κ3) is 6.85. The number of hydrogen-bond acceptors (Lipinski definition) is 5. The van der Waals surface area contributed by atoms with Crippen LogP contribution in [-0.2, 0) is 6.42 Å². The van der Waals surface area contributed by atoms with Gasteiger partial charge in [-0.15, -0.1) is 0 Å². The number of amides is 1. The Kier molecular flexibility index (Phi) is 8.04. The topological polar surface area (TPSA) is 82.0 Å². The highest BCUT2D eigenvalue weighted by Gasteiger charge is 2.20. The number of aliphatic hydroxyl groups excluding tert-OH is 2. The molecule has 1 saturated heterocycles. The molecular formula is C23H30N2O4. The van der Waals surface area contributed by atoms with Crippen LogP contribution in [0.2, 0.25) is 0 Å². The first-order valence-electron chi connectivity index (χ1n) is 10.2. The minimum Gasteiger partial charge on any atom is -0.490 e. The maximum Gasteiger partial charge on any atom is 0.251 e. The Labute approximate surface area is 172 Å². The first-order chi connectivity index (χ1) is 14.1. The quantitative estimate of drug-likeness (QED) is 0.601. The van der Waals surface area contributed by atoms with Gasteiger partial charge in [-0.25, -0.2) is 0 Å². The number of hydrogen-bond donors (Lipinski definition) is 3. The van der Waals surface area contributed by atoms with E-state index in [1.165, 1.54) is 5.56 Å². The summed E-state index contributed by atoms with van der Waals surface area (Å²) in [5.74, 6) is 0.482. The maximum atomic E-state index is 12.0. The molecular weight excluding hydrogens is 368 g/mol. The van der Waals surface area contributed by atoms with Crippen LogP contribution >= 0.6 is 0 Å². The van der Waals surface area contributed by atoms with E-state index in [0.29, 0.717) is 5.56 Å². The fourth-order valence-corrected chi connectivity index (χ4v) is 3.44. The van der Waals surface area contributed by atoms with E-state index in [0.717, 1.165) is 44.6 Å². The Morgan fingerprint density at radius 2 is 1.79 bits per heavy atom. The molecule has 1 fully saturated rings. The van der Waals surface area contributed by atoms with Crippen LogP contribution in [0.1, 0.15) is 28.8 Å². The van der Waals surface area contributed by atoms with Crippen molar-refractivity contribution in [3.8, 4) is 5.75 Å². The molecule has 6 nitrogen and oxygen atoms in total. The molecule has 0 aromatic heterocycles. The zero-order valence-electron chi connectivity index (χ0n) is 16.7. The van der Waals surface area contributed by atoms with Crippen molar-refractivity contribution < 1.29 is 19.7 Å². The van der Waals surface area contributed by atoms with Gasteiger partial charge in [0.2, 0.25) is 0 Å². The summed E-state index contributed by atoms with van der Waals surface area (Å²) < 4.78 is 6.09. The number of carbonyl (C=O) groups is 1. The van der Waals surface area contributed by atoms with Crippen molar-refractivity contribution in [1.29, 1.82) is 0 Å². The van der Waals surface area contributed by atoms with Crippen molar-refractivity contribution in [3.63, 3.8) is 0 Å². The predicted octanol–water partition coefficient (Wildman–Crippen LogP) is 1.86. The molecule has 6 heteroatoms. The molecule has 29 heavy (non-hydrogen) atoms. The normalized spacial score (nSPS) is 16.3. The van der Waals surface area contributed by atoms with Gasteiger partial charge < -0.3 is 25.2 Å². The summed E-state index contributed by atoms with van der Waals surface area (Å²) in [6.07, 6.45) is 2.32. The molecule has 0 radical (unpaired) electrons. The molecule has 0 bridgehead atoms. The van der Waals surface area contributed by atoms with Gasteiger partial charge in [-0.2, -0.15) is 0 Å². The summed E-state index contributed by atoms with van der Waals surface area (Å²) in [4.78, 5) is 14.5. The monoisotopic (exact) mass is 398 g/mol. The summed E-state index contributed by atoms with van der Waals surface area (Å²) in [5.41, 5.74) is 1.87. The van der Waals surface area contributed by atoms with E-state index >= 15 is 0 Å². The van der Waals surface area contributed by atoms with Gasteiger partial charge in [-0.05, 0) is 49.1 Å². The highest BCUT2D eigenvalue weighted by Crippen LogP contribution is 2.20. The van der Waals surface area contributed by atoms with Crippen LogP contribution in [0.15, 0.2) is 54.6 Å². The first-order valence-corrected chi connectivity index (χ1v) is 10.2. The number of nitrogens with zero attached hydrogens (tertiary/aromatic N) is 1. The maximum absolute atomic E-state index is 12.0. The Morgan fingerprint density at radius 3 is 2.45 bits per heavy atom. The lowest BCUT2D eigenvalue weighted by Crippen LogP contribution is -2.39. The molecule has 0 saturated carbocycles. The molecule has 1 aliphatic rings. The van der Waals surface area contributed by atoms with Gasteiger partial charge in [0, 0.05) is 31.7 Å². The van der Waals surface area contributed by atoms with E-state index in [9.17, 15) is 9.90 Å². The second-order valence-corrected chi connectivity index (χ2v) is 7.47.